The van der Waals surface area contributed by atoms with Crippen molar-refractivity contribution >= 4 is 17.7 Å². The number of carbonyl (C=O) groups excluding carboxylic acids is 1. The standard InChI is InChI=1S/C19H30N2O2S/c1-12-19(2,15-9-16(15)20-11-13-3-4-13)10-17(24-12)18(22)21-14-5-7-23-8-6-14/h10,12-16,20H,3-9,11H2,1-2H3,(H,21,22)/t12?,15-,16-,19?/m1/s1. The number of nitrogens with one attached hydrogen (secondary N) is 2. The van der Waals surface area contributed by atoms with Gasteiger partial charge in [0, 0.05) is 36.0 Å². The van der Waals surface area contributed by atoms with E-state index in [-0.39, 0.29) is 17.4 Å². The van der Waals surface area contributed by atoms with Crippen molar-refractivity contribution in [3.8, 4) is 0 Å². The number of hydrogen-bond donors (Lipinski definition) is 2. The van der Waals surface area contributed by atoms with Crippen molar-refractivity contribution in [2.45, 2.75) is 63.3 Å². The highest BCUT2D eigenvalue weighted by Gasteiger charge is 2.54. The Hall–Kier alpha value is -0.520. The predicted octanol–water partition coefficient (Wildman–Crippen LogP) is 2.70. The maximum atomic E-state index is 12.6. The first-order valence-electron chi connectivity index (χ1n) is 9.58. The number of carbonyl (C=O) groups is 1. The highest BCUT2D eigenvalue weighted by atomic mass is 32.2. The van der Waals surface area contributed by atoms with Gasteiger partial charge in [-0.2, -0.15) is 0 Å². The van der Waals surface area contributed by atoms with E-state index in [1.165, 1.54) is 25.8 Å². The van der Waals surface area contributed by atoms with E-state index in [4.69, 9.17) is 4.74 Å². The zero-order chi connectivity index (χ0) is 16.7. The lowest BCUT2D eigenvalue weighted by atomic mass is 9.81. The largest absolute Gasteiger partial charge is 0.381 e. The highest BCUT2D eigenvalue weighted by molar-refractivity contribution is 8.04. The normalized spacial score (nSPS) is 39.6. The van der Waals surface area contributed by atoms with E-state index in [0.29, 0.717) is 17.2 Å². The third kappa shape index (κ3) is 3.54. The fourth-order valence-electron chi connectivity index (χ4n) is 4.13. The Morgan fingerprint density at radius 3 is 2.79 bits per heavy atom. The van der Waals surface area contributed by atoms with Gasteiger partial charge in [-0.15, -0.1) is 11.8 Å². The number of ether oxygens (including phenoxy) is 1. The summed E-state index contributed by atoms with van der Waals surface area (Å²) in [5.74, 6) is 1.75. The topological polar surface area (TPSA) is 50.4 Å². The molecule has 5 heteroatoms. The molecule has 24 heavy (non-hydrogen) atoms. The van der Waals surface area contributed by atoms with E-state index in [9.17, 15) is 4.79 Å². The SMILES string of the molecule is CC1SC(C(=O)NC2CCOCC2)=CC1(C)[C@@H]1C[C@H]1NCC1CC1. The van der Waals surface area contributed by atoms with Crippen LogP contribution in [0.4, 0.5) is 0 Å². The summed E-state index contributed by atoms with van der Waals surface area (Å²) in [6.07, 6.45) is 8.23. The number of allylic oxidation sites excluding steroid dienone is 1. The van der Waals surface area contributed by atoms with Gasteiger partial charge >= 0.3 is 0 Å². The molecule has 4 rings (SSSR count). The van der Waals surface area contributed by atoms with E-state index in [0.717, 1.165) is 36.9 Å². The zero-order valence-electron chi connectivity index (χ0n) is 14.8. The molecule has 2 aliphatic heterocycles. The summed E-state index contributed by atoms with van der Waals surface area (Å²) < 4.78 is 5.37. The van der Waals surface area contributed by atoms with E-state index < -0.39 is 0 Å². The molecule has 0 aromatic carbocycles. The fraction of sp³-hybridized carbons (Fsp3) is 0.842. The summed E-state index contributed by atoms with van der Waals surface area (Å²) in [4.78, 5) is 13.6. The number of hydrogen-bond acceptors (Lipinski definition) is 4. The Bertz CT molecular complexity index is 527. The first-order valence-corrected chi connectivity index (χ1v) is 10.5. The molecule has 2 saturated carbocycles. The predicted molar refractivity (Wildman–Crippen MR) is 97.8 cm³/mol. The van der Waals surface area contributed by atoms with Gasteiger partial charge in [0.2, 0.25) is 0 Å². The summed E-state index contributed by atoms with van der Waals surface area (Å²) in [6, 6.07) is 0.941. The van der Waals surface area contributed by atoms with Crippen molar-refractivity contribution in [2.24, 2.45) is 17.3 Å². The molecular formula is C19H30N2O2S. The molecule has 1 saturated heterocycles. The third-order valence-corrected chi connectivity index (χ3v) is 7.78. The van der Waals surface area contributed by atoms with Gasteiger partial charge in [-0.1, -0.05) is 19.9 Å². The van der Waals surface area contributed by atoms with E-state index in [1.807, 2.05) is 0 Å². The second-order valence-electron chi connectivity index (χ2n) is 8.30. The molecule has 134 valence electrons. The third-order valence-electron chi connectivity index (χ3n) is 6.36. The molecule has 4 atom stereocenters. The highest BCUT2D eigenvalue weighted by Crippen LogP contribution is 2.57. The molecule has 0 bridgehead atoms. The van der Waals surface area contributed by atoms with Crippen LogP contribution >= 0.6 is 11.8 Å². The minimum atomic E-state index is 0.130. The average Bonchev–Trinajstić information content (AvgIpc) is 3.47. The van der Waals surface area contributed by atoms with Crippen LogP contribution in [-0.4, -0.2) is 43.0 Å². The smallest absolute Gasteiger partial charge is 0.257 e. The van der Waals surface area contributed by atoms with Crippen LogP contribution in [0.15, 0.2) is 11.0 Å². The first kappa shape index (κ1) is 16.9. The van der Waals surface area contributed by atoms with E-state index in [1.54, 1.807) is 11.8 Å². The molecule has 2 unspecified atom stereocenters. The van der Waals surface area contributed by atoms with Crippen molar-refractivity contribution < 1.29 is 9.53 Å². The van der Waals surface area contributed by atoms with Crippen LogP contribution in [0, 0.1) is 17.3 Å². The molecule has 3 fully saturated rings. The minimum Gasteiger partial charge on any atom is -0.381 e. The molecule has 1 amide bonds. The number of amides is 1. The van der Waals surface area contributed by atoms with Crippen molar-refractivity contribution in [1.82, 2.24) is 10.6 Å². The molecule has 2 heterocycles. The maximum Gasteiger partial charge on any atom is 0.257 e. The Morgan fingerprint density at radius 2 is 2.08 bits per heavy atom. The number of thioether (sulfide) groups is 1. The Kier molecular flexibility index (Phi) is 4.69. The van der Waals surface area contributed by atoms with Crippen LogP contribution in [-0.2, 0) is 9.53 Å². The molecule has 0 spiro atoms. The number of rotatable bonds is 6. The second-order valence-corrected chi connectivity index (χ2v) is 9.68. The van der Waals surface area contributed by atoms with Gasteiger partial charge in [0.25, 0.3) is 5.91 Å². The quantitative estimate of drug-likeness (QED) is 0.773. The Morgan fingerprint density at radius 1 is 1.33 bits per heavy atom. The van der Waals surface area contributed by atoms with Crippen LogP contribution in [0.25, 0.3) is 0 Å². The maximum absolute atomic E-state index is 12.6. The Balaban J connectivity index is 1.34. The average molecular weight is 351 g/mol. The minimum absolute atomic E-state index is 0.130. The molecular weight excluding hydrogens is 320 g/mol. The summed E-state index contributed by atoms with van der Waals surface area (Å²) in [6.45, 7) is 7.36. The van der Waals surface area contributed by atoms with Gasteiger partial charge in [-0.25, -0.2) is 0 Å². The molecule has 4 aliphatic rings. The van der Waals surface area contributed by atoms with Crippen LogP contribution in [0.2, 0.25) is 0 Å². The fourth-order valence-corrected chi connectivity index (χ4v) is 5.49. The summed E-state index contributed by atoms with van der Waals surface area (Å²) in [5.41, 5.74) is 0.147. The second kappa shape index (κ2) is 6.65. The van der Waals surface area contributed by atoms with Gasteiger partial charge in [-0.05, 0) is 50.5 Å². The van der Waals surface area contributed by atoms with Gasteiger partial charge in [-0.3, -0.25) is 4.79 Å². The van der Waals surface area contributed by atoms with Gasteiger partial charge < -0.3 is 15.4 Å². The van der Waals surface area contributed by atoms with Crippen LogP contribution in [0.3, 0.4) is 0 Å². The molecule has 2 aliphatic carbocycles. The molecule has 2 N–H and O–H groups in total. The Labute approximate surface area is 149 Å². The van der Waals surface area contributed by atoms with Gasteiger partial charge in [0.05, 0.1) is 4.91 Å². The van der Waals surface area contributed by atoms with Crippen LogP contribution in [0.5, 0.6) is 0 Å². The lowest BCUT2D eigenvalue weighted by Crippen LogP contribution is -2.39. The lowest BCUT2D eigenvalue weighted by Gasteiger charge is -2.27. The van der Waals surface area contributed by atoms with Crippen LogP contribution < -0.4 is 10.6 Å². The van der Waals surface area contributed by atoms with Crippen molar-refractivity contribution in [1.29, 1.82) is 0 Å². The molecule has 0 aromatic rings. The lowest BCUT2D eigenvalue weighted by molar-refractivity contribution is -0.118. The van der Waals surface area contributed by atoms with E-state index in [2.05, 4.69) is 30.6 Å². The van der Waals surface area contributed by atoms with Crippen molar-refractivity contribution in [3.05, 3.63) is 11.0 Å². The van der Waals surface area contributed by atoms with Crippen LogP contribution in [0.1, 0.15) is 46.0 Å². The molecule has 4 nitrogen and oxygen atoms in total. The van der Waals surface area contributed by atoms with Gasteiger partial charge in [0.15, 0.2) is 0 Å². The zero-order valence-corrected chi connectivity index (χ0v) is 15.7. The van der Waals surface area contributed by atoms with Crippen molar-refractivity contribution in [3.63, 3.8) is 0 Å². The molecule has 0 aromatic heterocycles. The van der Waals surface area contributed by atoms with Gasteiger partial charge in [0.1, 0.15) is 0 Å². The van der Waals surface area contributed by atoms with E-state index >= 15 is 0 Å². The summed E-state index contributed by atoms with van der Waals surface area (Å²) >= 11 is 1.77. The summed E-state index contributed by atoms with van der Waals surface area (Å²) in [5, 5.41) is 7.44. The van der Waals surface area contributed by atoms with Crippen molar-refractivity contribution in [2.75, 3.05) is 19.8 Å². The summed E-state index contributed by atoms with van der Waals surface area (Å²) in [7, 11) is 0. The molecule has 0 radical (unpaired) electrons. The first-order chi connectivity index (χ1) is 11.6. The monoisotopic (exact) mass is 350 g/mol.